The molecule has 0 aromatic rings. The maximum Gasteiger partial charge on any atom is 0.509 e. The fourth-order valence-electron chi connectivity index (χ4n) is 9.07. The number of esters is 3. The van der Waals surface area contributed by atoms with E-state index in [0.717, 1.165) is 12.8 Å². The van der Waals surface area contributed by atoms with Crippen molar-refractivity contribution in [2.75, 3.05) is 20.4 Å². The van der Waals surface area contributed by atoms with Crippen LogP contribution in [0.5, 0.6) is 0 Å². The predicted molar refractivity (Wildman–Crippen MR) is 417 cm³/mol. The van der Waals surface area contributed by atoms with E-state index in [9.17, 15) is 14.4 Å². The number of hydrogen-bond donors (Lipinski definition) is 0. The van der Waals surface area contributed by atoms with Crippen LogP contribution in [-0.2, 0) is 78.9 Å². The zero-order chi connectivity index (χ0) is 73.6. The third-order valence-electron chi connectivity index (χ3n) is 12.4. The summed E-state index contributed by atoms with van der Waals surface area (Å²) < 4.78 is 105. The molecular weight excluding hydrogens is 1410 g/mol. The van der Waals surface area contributed by atoms with Gasteiger partial charge in [-0.25, -0.2) is 0 Å². The standard InChI is InChI=1S/C45H120O14Si15.C7H14O2.C6H12O2/c1-37-44(2,3)43(46)47-40-72(58-70(33,34)41-73(51-63(13,14)15,52-64(16,17)18)53-65(19,20)21,59-71(35,36)42-74(54-66(22,23)24,55-67(25,26)27)56-68(28,29)30)57-69(31,32)39-38-45(48-60(4,5)6,49-61(7,8)9)50-62(10,11)12;1-5-7(2,3)6(8)9-4;1-4-5(2)6(7)8-3/h37-42H2,1-36H3;5H2,1-4H3;5H,4H2,1-3H3. The normalized spacial score (nSPS) is 15.1. The Balaban J connectivity index is -0.00000394. The van der Waals surface area contributed by atoms with Gasteiger partial charge in [-0.2, -0.15) is 0 Å². The van der Waals surface area contributed by atoms with Gasteiger partial charge in [-0.1, -0.05) is 27.7 Å². The Hall–Kier alpha value is 1.18. The summed E-state index contributed by atoms with van der Waals surface area (Å²) in [5.41, 5.74) is -0.144. The first kappa shape index (κ1) is 96.4. The molecule has 0 aliphatic heterocycles. The third-order valence-corrected chi connectivity index (χ3v) is 59.9. The van der Waals surface area contributed by atoms with E-state index >= 15 is 0 Å². The molecule has 0 amide bonds. The first-order valence-electron chi connectivity index (χ1n) is 33.3. The molecule has 546 valence electrons. The molecule has 0 bridgehead atoms. The second-order valence-corrected chi connectivity index (χ2v) is 101. The second kappa shape index (κ2) is 35.7. The molecule has 33 heteroatoms. The molecular formula is C58H146O18Si15. The van der Waals surface area contributed by atoms with E-state index in [2.05, 4.69) is 226 Å². The highest BCUT2D eigenvalue weighted by molar-refractivity contribution is 7.01. The molecule has 0 radical (unpaired) electrons. The lowest BCUT2D eigenvalue weighted by molar-refractivity contribution is -0.271. The van der Waals surface area contributed by atoms with E-state index in [1.807, 2.05) is 55.4 Å². The Bertz CT molecular complexity index is 2000. The lowest BCUT2D eigenvalue weighted by Crippen LogP contribution is -2.70. The van der Waals surface area contributed by atoms with Gasteiger partial charge in [0.1, 0.15) is 0 Å². The number of carbonyl (C=O) groups excluding carboxylic acids is 3. The van der Waals surface area contributed by atoms with Crippen LogP contribution in [0, 0.1) is 16.7 Å². The summed E-state index contributed by atoms with van der Waals surface area (Å²) >= 11 is 0. The maximum atomic E-state index is 14.4. The van der Waals surface area contributed by atoms with Crippen molar-refractivity contribution < 1.29 is 78.9 Å². The maximum absolute atomic E-state index is 14.4. The molecule has 1 unspecified atom stereocenters. The van der Waals surface area contributed by atoms with Gasteiger partial charge in [-0.15, -0.1) is 0 Å². The minimum absolute atomic E-state index is 0.0556. The van der Waals surface area contributed by atoms with Crippen LogP contribution in [0.1, 0.15) is 81.1 Å². The van der Waals surface area contributed by atoms with Crippen LogP contribution in [-0.4, -0.2) is 171 Å². The van der Waals surface area contributed by atoms with Crippen molar-refractivity contribution in [3.63, 3.8) is 0 Å². The van der Waals surface area contributed by atoms with Gasteiger partial charge in [0.2, 0.25) is 0 Å². The number of hydrogen-bond acceptors (Lipinski definition) is 18. The summed E-state index contributed by atoms with van der Waals surface area (Å²) in [6.07, 6.45) is 2.53. The third kappa shape index (κ3) is 45.5. The van der Waals surface area contributed by atoms with E-state index in [0.29, 0.717) is 30.2 Å². The summed E-state index contributed by atoms with van der Waals surface area (Å²) in [5, 5.41) is 0. The summed E-state index contributed by atoms with van der Waals surface area (Å²) in [5.74, 6) is -1.79. The van der Waals surface area contributed by atoms with Crippen LogP contribution in [0.4, 0.5) is 0 Å². The van der Waals surface area contributed by atoms with E-state index in [1.165, 1.54) is 14.2 Å². The Morgan fingerprint density at radius 2 is 0.615 bits per heavy atom. The molecule has 0 fully saturated rings. The monoisotopic (exact) mass is 1550 g/mol. The lowest BCUT2D eigenvalue weighted by atomic mass is 9.91. The number of carbonyl (C=O) groups is 3. The molecule has 0 saturated carbocycles. The minimum atomic E-state index is -4.22. The van der Waals surface area contributed by atoms with Crippen LogP contribution >= 0.6 is 0 Å². The molecule has 91 heavy (non-hydrogen) atoms. The molecule has 0 saturated heterocycles. The van der Waals surface area contributed by atoms with Gasteiger partial charge >= 0.3 is 44.3 Å². The molecule has 18 nitrogen and oxygen atoms in total. The van der Waals surface area contributed by atoms with Crippen molar-refractivity contribution in [1.82, 2.24) is 0 Å². The SMILES string of the molecule is CCC(C)(C)C(=O)OC.CCC(C)(C)C(=O)OC[Si](O[Si](C)(C)CCC(O[Si](C)(C)C)(O[Si](C)(C)C)O[Si](C)(C)C)(O[Si](C)(C)C[Si](O[Si](C)(C)C)(O[Si](C)(C)C)O[Si](C)(C)C)O[Si](C)(C)C[Si](O[Si](C)(C)C)(O[Si](C)(C)C)O[Si](C)(C)C.CCC(C)C(=O)OC. The van der Waals surface area contributed by atoms with Gasteiger partial charge in [0.05, 0.1) is 31.0 Å². The first-order valence-corrected chi connectivity index (χ1v) is 79.1. The van der Waals surface area contributed by atoms with Crippen LogP contribution in [0.25, 0.3) is 0 Å². The summed E-state index contributed by atoms with van der Waals surface area (Å²) in [6, 6.07) is 0.579. The summed E-state index contributed by atoms with van der Waals surface area (Å²) in [7, 11) is -38.1. The van der Waals surface area contributed by atoms with E-state index < -0.39 is 138 Å². The first-order chi connectivity index (χ1) is 39.6. The largest absolute Gasteiger partial charge is 0.509 e. The van der Waals surface area contributed by atoms with Gasteiger partial charge in [0, 0.05) is 17.8 Å². The molecule has 0 aliphatic carbocycles. The number of rotatable bonds is 39. The highest BCUT2D eigenvalue weighted by Crippen LogP contribution is 2.42. The highest BCUT2D eigenvalue weighted by atomic mass is 28.6. The number of methoxy groups -OCH3 is 2. The van der Waals surface area contributed by atoms with Crippen molar-refractivity contribution in [3.8, 4) is 0 Å². The lowest BCUT2D eigenvalue weighted by Gasteiger charge is -2.50. The molecule has 0 aromatic heterocycles. The topological polar surface area (TPSA) is 190 Å². The van der Waals surface area contributed by atoms with Gasteiger partial charge in [-0.05, 0) is 269 Å². The molecule has 1 atom stereocenters. The van der Waals surface area contributed by atoms with E-state index in [4.69, 9.17) is 55.1 Å². The predicted octanol–water partition coefficient (Wildman–Crippen LogP) is 18.6. The molecule has 0 N–H and O–H groups in total. The quantitative estimate of drug-likeness (QED) is 0.0244. The van der Waals surface area contributed by atoms with Crippen molar-refractivity contribution in [2.45, 2.75) is 320 Å². The average molecular weight is 1550 g/mol. The van der Waals surface area contributed by atoms with Crippen molar-refractivity contribution in [1.29, 1.82) is 0 Å². The van der Waals surface area contributed by atoms with Crippen LogP contribution in [0.2, 0.25) is 233 Å². The smallest absolute Gasteiger partial charge is 0.469 e. The van der Waals surface area contributed by atoms with Crippen molar-refractivity contribution in [3.05, 3.63) is 0 Å². The van der Waals surface area contributed by atoms with Crippen LogP contribution in [0.3, 0.4) is 0 Å². The zero-order valence-electron chi connectivity index (χ0n) is 67.1. The molecule has 0 rings (SSSR count). The van der Waals surface area contributed by atoms with E-state index in [1.54, 1.807) is 0 Å². The van der Waals surface area contributed by atoms with E-state index in [-0.39, 0.29) is 35.5 Å². The Morgan fingerprint density at radius 1 is 0.352 bits per heavy atom. The van der Waals surface area contributed by atoms with Gasteiger partial charge in [0.15, 0.2) is 106 Å². The Labute approximate surface area is 576 Å². The van der Waals surface area contributed by atoms with Gasteiger partial charge in [-0.3, -0.25) is 14.4 Å². The fraction of sp³-hybridized carbons (Fsp3) is 0.948. The Kier molecular flexibility index (Phi) is 37.8. The summed E-state index contributed by atoms with van der Waals surface area (Å²) in [4.78, 5) is 35.8. The van der Waals surface area contributed by atoms with Gasteiger partial charge < -0.3 is 64.5 Å². The van der Waals surface area contributed by atoms with Crippen LogP contribution in [0.15, 0.2) is 0 Å². The fourth-order valence-corrected chi connectivity index (χ4v) is 68.2. The molecule has 0 aromatic carbocycles. The van der Waals surface area contributed by atoms with Crippen LogP contribution < -0.4 is 0 Å². The van der Waals surface area contributed by atoms with Crippen molar-refractivity contribution in [2.24, 2.45) is 16.7 Å². The minimum Gasteiger partial charge on any atom is -0.469 e. The Morgan fingerprint density at radius 3 is 0.813 bits per heavy atom. The molecule has 0 spiro atoms. The average Bonchev–Trinajstić information content (AvgIpc) is 0.790. The highest BCUT2D eigenvalue weighted by Gasteiger charge is 2.63. The number of ether oxygens (including phenoxy) is 3. The zero-order valence-corrected chi connectivity index (χ0v) is 82.1. The summed E-state index contributed by atoms with van der Waals surface area (Å²) in [6.45, 7) is 88.1. The van der Waals surface area contributed by atoms with Gasteiger partial charge in [0.25, 0.3) is 5.97 Å². The second-order valence-electron chi connectivity index (χ2n) is 36.5. The molecule has 0 heterocycles. The molecule has 0 aliphatic rings. The van der Waals surface area contributed by atoms with Crippen molar-refractivity contribution >= 4 is 144 Å².